The summed E-state index contributed by atoms with van der Waals surface area (Å²) in [6, 6.07) is 6.45. The van der Waals surface area contributed by atoms with Crippen molar-refractivity contribution in [1.82, 2.24) is 5.32 Å². The molecule has 1 aromatic carbocycles. The Kier molecular flexibility index (Phi) is 5.30. The average Bonchev–Trinajstić information content (AvgIpc) is 2.90. The van der Waals surface area contributed by atoms with E-state index < -0.39 is 0 Å². The quantitative estimate of drug-likeness (QED) is 0.858. The van der Waals surface area contributed by atoms with E-state index in [9.17, 15) is 0 Å². The molecule has 0 aromatic heterocycles. The number of nitrogens with one attached hydrogen (secondary N) is 1. The Bertz CT molecular complexity index is 433. The molecule has 0 bridgehead atoms. The SMILES string of the molecule is CCNC(c1cc(OC)ccc1OC)C1CCCC1C. The van der Waals surface area contributed by atoms with Gasteiger partial charge in [-0.3, -0.25) is 0 Å². The van der Waals surface area contributed by atoms with Crippen molar-refractivity contribution >= 4 is 0 Å². The van der Waals surface area contributed by atoms with Gasteiger partial charge in [-0.1, -0.05) is 26.7 Å². The van der Waals surface area contributed by atoms with Gasteiger partial charge >= 0.3 is 0 Å². The first-order valence-corrected chi connectivity index (χ1v) is 7.66. The van der Waals surface area contributed by atoms with Gasteiger partial charge in [0.2, 0.25) is 0 Å². The second-order valence-electron chi connectivity index (χ2n) is 5.72. The summed E-state index contributed by atoms with van der Waals surface area (Å²) in [4.78, 5) is 0. The van der Waals surface area contributed by atoms with Crippen LogP contribution in [-0.2, 0) is 0 Å². The topological polar surface area (TPSA) is 30.5 Å². The fraction of sp³-hybridized carbons (Fsp3) is 0.647. The molecule has 2 rings (SSSR count). The molecule has 1 aliphatic rings. The van der Waals surface area contributed by atoms with E-state index in [1.807, 2.05) is 12.1 Å². The third-order valence-corrected chi connectivity index (χ3v) is 4.55. The molecule has 0 heterocycles. The third-order valence-electron chi connectivity index (χ3n) is 4.55. The van der Waals surface area contributed by atoms with Crippen LogP contribution in [0.4, 0.5) is 0 Å². The van der Waals surface area contributed by atoms with Gasteiger partial charge in [-0.05, 0) is 43.0 Å². The summed E-state index contributed by atoms with van der Waals surface area (Å²) in [5.41, 5.74) is 1.23. The number of hydrogen-bond donors (Lipinski definition) is 1. The van der Waals surface area contributed by atoms with Crippen LogP contribution in [-0.4, -0.2) is 20.8 Å². The zero-order chi connectivity index (χ0) is 14.5. The van der Waals surface area contributed by atoms with Gasteiger partial charge in [0.1, 0.15) is 11.5 Å². The molecule has 0 aliphatic heterocycles. The fourth-order valence-corrected chi connectivity index (χ4v) is 3.46. The summed E-state index contributed by atoms with van der Waals surface area (Å²) in [5, 5.41) is 3.66. The van der Waals surface area contributed by atoms with Crippen molar-refractivity contribution in [3.8, 4) is 11.5 Å². The molecule has 1 aliphatic carbocycles. The van der Waals surface area contributed by atoms with Crippen molar-refractivity contribution in [3.05, 3.63) is 23.8 Å². The molecule has 1 aromatic rings. The molecule has 0 radical (unpaired) electrons. The van der Waals surface area contributed by atoms with Crippen LogP contribution in [0.15, 0.2) is 18.2 Å². The van der Waals surface area contributed by atoms with Gasteiger partial charge < -0.3 is 14.8 Å². The highest BCUT2D eigenvalue weighted by molar-refractivity contribution is 5.42. The molecule has 3 atom stereocenters. The first-order chi connectivity index (χ1) is 9.71. The Morgan fingerprint density at radius 2 is 2.05 bits per heavy atom. The zero-order valence-electron chi connectivity index (χ0n) is 13.1. The molecule has 0 amide bonds. The van der Waals surface area contributed by atoms with E-state index in [1.54, 1.807) is 14.2 Å². The fourth-order valence-electron chi connectivity index (χ4n) is 3.46. The first-order valence-electron chi connectivity index (χ1n) is 7.66. The van der Waals surface area contributed by atoms with Gasteiger partial charge in [0.05, 0.1) is 14.2 Å². The van der Waals surface area contributed by atoms with Gasteiger partial charge in [-0.25, -0.2) is 0 Å². The lowest BCUT2D eigenvalue weighted by molar-refractivity contribution is 0.294. The maximum atomic E-state index is 5.57. The lowest BCUT2D eigenvalue weighted by Crippen LogP contribution is -2.30. The van der Waals surface area contributed by atoms with Crippen LogP contribution in [0.1, 0.15) is 44.7 Å². The largest absolute Gasteiger partial charge is 0.497 e. The Hall–Kier alpha value is -1.22. The van der Waals surface area contributed by atoms with E-state index >= 15 is 0 Å². The van der Waals surface area contributed by atoms with Gasteiger partial charge in [0, 0.05) is 11.6 Å². The minimum atomic E-state index is 0.350. The highest BCUT2D eigenvalue weighted by Gasteiger charge is 2.33. The molecule has 3 heteroatoms. The van der Waals surface area contributed by atoms with E-state index in [-0.39, 0.29) is 0 Å². The van der Waals surface area contributed by atoms with E-state index in [0.29, 0.717) is 12.0 Å². The Balaban J connectivity index is 2.36. The molecule has 1 saturated carbocycles. The molecule has 3 nitrogen and oxygen atoms in total. The summed E-state index contributed by atoms with van der Waals surface area (Å²) in [7, 11) is 3.46. The first kappa shape index (κ1) is 15.2. The number of methoxy groups -OCH3 is 2. The number of hydrogen-bond acceptors (Lipinski definition) is 3. The number of ether oxygens (including phenoxy) is 2. The minimum absolute atomic E-state index is 0.350. The van der Waals surface area contributed by atoms with Crippen molar-refractivity contribution in [2.75, 3.05) is 20.8 Å². The second-order valence-corrected chi connectivity index (χ2v) is 5.72. The van der Waals surface area contributed by atoms with Crippen molar-refractivity contribution < 1.29 is 9.47 Å². The normalized spacial score (nSPS) is 23.6. The van der Waals surface area contributed by atoms with Crippen molar-refractivity contribution in [2.24, 2.45) is 11.8 Å². The van der Waals surface area contributed by atoms with E-state index in [4.69, 9.17) is 9.47 Å². The van der Waals surface area contributed by atoms with Crippen molar-refractivity contribution in [3.63, 3.8) is 0 Å². The number of benzene rings is 1. The Morgan fingerprint density at radius 3 is 2.60 bits per heavy atom. The summed E-state index contributed by atoms with van der Waals surface area (Å²) < 4.78 is 11.0. The lowest BCUT2D eigenvalue weighted by atomic mass is 9.85. The van der Waals surface area contributed by atoms with Crippen LogP contribution in [0.2, 0.25) is 0 Å². The van der Waals surface area contributed by atoms with Gasteiger partial charge in [-0.15, -0.1) is 0 Å². The van der Waals surface area contributed by atoms with Crippen LogP contribution in [0.25, 0.3) is 0 Å². The van der Waals surface area contributed by atoms with Crippen LogP contribution in [0.5, 0.6) is 11.5 Å². The maximum absolute atomic E-state index is 5.57. The third kappa shape index (κ3) is 3.09. The predicted octanol–water partition coefficient (Wildman–Crippen LogP) is 3.79. The van der Waals surface area contributed by atoms with Crippen LogP contribution in [0.3, 0.4) is 0 Å². The average molecular weight is 277 g/mol. The predicted molar refractivity (Wildman–Crippen MR) is 82.5 cm³/mol. The highest BCUT2D eigenvalue weighted by Crippen LogP contribution is 2.43. The molecule has 1 fully saturated rings. The van der Waals surface area contributed by atoms with Crippen molar-refractivity contribution in [2.45, 2.75) is 39.2 Å². The van der Waals surface area contributed by atoms with E-state index in [2.05, 4.69) is 25.2 Å². The Labute approximate surface area is 122 Å². The van der Waals surface area contributed by atoms with E-state index in [1.165, 1.54) is 24.8 Å². The summed E-state index contributed by atoms with van der Waals surface area (Å²) >= 11 is 0. The minimum Gasteiger partial charge on any atom is -0.497 e. The van der Waals surface area contributed by atoms with Gasteiger partial charge in [0.25, 0.3) is 0 Å². The van der Waals surface area contributed by atoms with Gasteiger partial charge in [0.15, 0.2) is 0 Å². The summed E-state index contributed by atoms with van der Waals surface area (Å²) in [6.07, 6.45) is 3.96. The zero-order valence-corrected chi connectivity index (χ0v) is 13.1. The molecule has 0 spiro atoms. The smallest absolute Gasteiger partial charge is 0.123 e. The molecule has 20 heavy (non-hydrogen) atoms. The summed E-state index contributed by atoms with van der Waals surface area (Å²) in [5.74, 6) is 3.29. The maximum Gasteiger partial charge on any atom is 0.123 e. The number of rotatable bonds is 6. The monoisotopic (exact) mass is 277 g/mol. The summed E-state index contributed by atoms with van der Waals surface area (Å²) in [6.45, 7) is 5.50. The molecule has 3 unspecified atom stereocenters. The van der Waals surface area contributed by atoms with Gasteiger partial charge in [-0.2, -0.15) is 0 Å². The molecule has 1 N–H and O–H groups in total. The highest BCUT2D eigenvalue weighted by atomic mass is 16.5. The van der Waals surface area contributed by atoms with Crippen molar-refractivity contribution in [1.29, 1.82) is 0 Å². The standard InChI is InChI=1S/C17H27NO2/c1-5-18-17(14-8-6-7-12(14)2)15-11-13(19-3)9-10-16(15)20-4/h9-12,14,17-18H,5-8H2,1-4H3. The lowest BCUT2D eigenvalue weighted by Gasteiger charge is -2.29. The van der Waals surface area contributed by atoms with E-state index in [0.717, 1.165) is 24.0 Å². The molecular weight excluding hydrogens is 250 g/mol. The molecule has 112 valence electrons. The molecule has 0 saturated heterocycles. The molecular formula is C17H27NO2. The van der Waals surface area contributed by atoms with Crippen LogP contribution < -0.4 is 14.8 Å². The van der Waals surface area contributed by atoms with Crippen LogP contribution in [0, 0.1) is 11.8 Å². The second kappa shape index (κ2) is 6.98. The van der Waals surface area contributed by atoms with Crippen LogP contribution >= 0.6 is 0 Å². The Morgan fingerprint density at radius 1 is 1.25 bits per heavy atom.